The van der Waals surface area contributed by atoms with Gasteiger partial charge in [0.05, 0.1) is 5.60 Å². The largest absolute Gasteiger partial charge is 0.386 e. The van der Waals surface area contributed by atoms with Crippen LogP contribution < -0.4 is 0 Å². The van der Waals surface area contributed by atoms with Crippen LogP contribution in [0.2, 0.25) is 0 Å². The van der Waals surface area contributed by atoms with Crippen molar-refractivity contribution in [2.75, 3.05) is 0 Å². The minimum absolute atomic E-state index is 0.421. The number of aliphatic hydroxyl groups is 1. The molecule has 0 spiro atoms. The monoisotopic (exact) mass is 168 g/mol. The molecular formula is C11H20O. The van der Waals surface area contributed by atoms with Gasteiger partial charge in [-0.3, -0.25) is 0 Å². The lowest BCUT2D eigenvalue weighted by atomic mass is 9.72. The lowest BCUT2D eigenvalue weighted by molar-refractivity contribution is -0.0144. The Morgan fingerprint density at radius 3 is 2.58 bits per heavy atom. The minimum atomic E-state index is -0.521. The summed E-state index contributed by atoms with van der Waals surface area (Å²) < 4.78 is 0. The molecule has 0 bridgehead atoms. The van der Waals surface area contributed by atoms with Gasteiger partial charge < -0.3 is 5.11 Å². The molecule has 3 unspecified atom stereocenters. The first kappa shape index (κ1) is 9.79. The molecule has 0 aromatic rings. The van der Waals surface area contributed by atoms with E-state index >= 15 is 0 Å². The van der Waals surface area contributed by atoms with E-state index in [4.69, 9.17) is 0 Å². The molecule has 1 fully saturated rings. The third-order valence-corrected chi connectivity index (χ3v) is 3.08. The van der Waals surface area contributed by atoms with E-state index in [-0.39, 0.29) is 0 Å². The van der Waals surface area contributed by atoms with Crippen LogP contribution in [0.5, 0.6) is 0 Å². The highest BCUT2D eigenvalue weighted by Gasteiger charge is 2.35. The zero-order valence-corrected chi connectivity index (χ0v) is 8.38. The summed E-state index contributed by atoms with van der Waals surface area (Å²) in [6.07, 6.45) is 7.28. The maximum atomic E-state index is 10.2. The van der Waals surface area contributed by atoms with E-state index in [0.717, 1.165) is 12.8 Å². The van der Waals surface area contributed by atoms with Crippen LogP contribution in [0, 0.1) is 11.8 Å². The smallest absolute Gasteiger partial charge is 0.0855 e. The zero-order valence-electron chi connectivity index (χ0n) is 8.38. The van der Waals surface area contributed by atoms with Gasteiger partial charge in [0.15, 0.2) is 0 Å². The lowest BCUT2D eigenvalue weighted by Crippen LogP contribution is -2.39. The van der Waals surface area contributed by atoms with E-state index < -0.39 is 5.60 Å². The summed E-state index contributed by atoms with van der Waals surface area (Å²) in [5.41, 5.74) is -0.521. The second-order valence-corrected chi connectivity index (χ2v) is 4.28. The van der Waals surface area contributed by atoms with Gasteiger partial charge in [-0.05, 0) is 31.6 Å². The highest BCUT2D eigenvalue weighted by atomic mass is 16.3. The summed E-state index contributed by atoms with van der Waals surface area (Å²) in [4.78, 5) is 0. The first-order valence-corrected chi connectivity index (χ1v) is 4.94. The Morgan fingerprint density at radius 1 is 1.33 bits per heavy atom. The summed E-state index contributed by atoms with van der Waals surface area (Å²) in [6, 6.07) is 0. The van der Waals surface area contributed by atoms with Crippen molar-refractivity contribution in [2.45, 2.75) is 45.6 Å². The van der Waals surface area contributed by atoms with Crippen LogP contribution in [0.15, 0.2) is 12.2 Å². The van der Waals surface area contributed by atoms with Crippen molar-refractivity contribution in [2.24, 2.45) is 11.8 Å². The Labute approximate surface area is 75.5 Å². The Bertz CT molecular complexity index is 174. The van der Waals surface area contributed by atoms with Crippen LogP contribution in [0.3, 0.4) is 0 Å². The van der Waals surface area contributed by atoms with Crippen LogP contribution in [-0.2, 0) is 0 Å². The van der Waals surface area contributed by atoms with E-state index in [9.17, 15) is 5.11 Å². The summed E-state index contributed by atoms with van der Waals surface area (Å²) in [5.74, 6) is 1.09. The molecule has 0 aromatic heterocycles. The quantitative estimate of drug-likeness (QED) is 0.597. The molecule has 0 radical (unpaired) electrons. The normalized spacial score (nSPS) is 43.7. The van der Waals surface area contributed by atoms with Crippen molar-refractivity contribution >= 4 is 0 Å². The SMILES string of the molecule is C/C=C/C1(O)CC(C)CCC1C. The molecule has 0 heterocycles. The van der Waals surface area contributed by atoms with Crippen molar-refractivity contribution in [1.29, 1.82) is 0 Å². The molecule has 0 aromatic carbocycles. The molecule has 12 heavy (non-hydrogen) atoms. The maximum Gasteiger partial charge on any atom is 0.0855 e. The van der Waals surface area contributed by atoms with Crippen molar-refractivity contribution < 1.29 is 5.11 Å². The van der Waals surface area contributed by atoms with Gasteiger partial charge in [0, 0.05) is 0 Å². The van der Waals surface area contributed by atoms with E-state index in [1.807, 2.05) is 19.1 Å². The van der Waals surface area contributed by atoms with Gasteiger partial charge >= 0.3 is 0 Å². The molecule has 1 nitrogen and oxygen atoms in total. The van der Waals surface area contributed by atoms with E-state index in [0.29, 0.717) is 11.8 Å². The topological polar surface area (TPSA) is 20.2 Å². The minimum Gasteiger partial charge on any atom is -0.386 e. The Morgan fingerprint density at radius 2 is 2.00 bits per heavy atom. The zero-order chi connectivity index (χ0) is 9.19. The molecule has 1 heteroatoms. The fourth-order valence-electron chi connectivity index (χ4n) is 2.17. The second-order valence-electron chi connectivity index (χ2n) is 4.28. The maximum absolute atomic E-state index is 10.2. The highest BCUT2D eigenvalue weighted by Crippen LogP contribution is 2.37. The molecule has 0 amide bonds. The van der Waals surface area contributed by atoms with Gasteiger partial charge in [0.25, 0.3) is 0 Å². The first-order chi connectivity index (χ1) is 5.58. The van der Waals surface area contributed by atoms with Gasteiger partial charge in [-0.2, -0.15) is 0 Å². The highest BCUT2D eigenvalue weighted by molar-refractivity contribution is 5.05. The Balaban J connectivity index is 2.70. The molecule has 3 atom stereocenters. The number of rotatable bonds is 1. The van der Waals surface area contributed by atoms with Crippen LogP contribution in [0.1, 0.15) is 40.0 Å². The van der Waals surface area contributed by atoms with E-state index in [1.54, 1.807) is 0 Å². The standard InChI is InChI=1S/C11H20O/c1-4-7-11(12)8-9(2)5-6-10(11)3/h4,7,9-10,12H,5-6,8H2,1-3H3/b7-4+. The summed E-state index contributed by atoms with van der Waals surface area (Å²) in [5, 5.41) is 10.2. The fraction of sp³-hybridized carbons (Fsp3) is 0.818. The summed E-state index contributed by atoms with van der Waals surface area (Å²) in [7, 11) is 0. The van der Waals surface area contributed by atoms with Crippen molar-refractivity contribution in [3.63, 3.8) is 0 Å². The van der Waals surface area contributed by atoms with Crippen molar-refractivity contribution in [3.05, 3.63) is 12.2 Å². The molecule has 70 valence electrons. The average molecular weight is 168 g/mol. The fourth-order valence-corrected chi connectivity index (χ4v) is 2.17. The summed E-state index contributed by atoms with van der Waals surface area (Å²) >= 11 is 0. The number of hydrogen-bond donors (Lipinski definition) is 1. The number of hydrogen-bond acceptors (Lipinski definition) is 1. The molecule has 1 N–H and O–H groups in total. The van der Waals surface area contributed by atoms with Gasteiger partial charge in [0.2, 0.25) is 0 Å². The van der Waals surface area contributed by atoms with Crippen LogP contribution in [0.25, 0.3) is 0 Å². The third kappa shape index (κ3) is 1.89. The van der Waals surface area contributed by atoms with Crippen LogP contribution in [0.4, 0.5) is 0 Å². The Kier molecular flexibility index (Phi) is 2.94. The predicted molar refractivity (Wildman–Crippen MR) is 51.9 cm³/mol. The molecular weight excluding hydrogens is 148 g/mol. The molecule has 0 saturated heterocycles. The van der Waals surface area contributed by atoms with E-state index in [2.05, 4.69) is 13.8 Å². The van der Waals surface area contributed by atoms with E-state index in [1.165, 1.54) is 6.42 Å². The molecule has 0 aliphatic heterocycles. The Hall–Kier alpha value is -0.300. The third-order valence-electron chi connectivity index (χ3n) is 3.08. The molecule has 1 rings (SSSR count). The first-order valence-electron chi connectivity index (χ1n) is 4.94. The van der Waals surface area contributed by atoms with Gasteiger partial charge in [-0.1, -0.05) is 32.4 Å². The van der Waals surface area contributed by atoms with Crippen molar-refractivity contribution in [3.8, 4) is 0 Å². The second kappa shape index (κ2) is 3.61. The molecule has 1 aliphatic rings. The van der Waals surface area contributed by atoms with Gasteiger partial charge in [-0.25, -0.2) is 0 Å². The summed E-state index contributed by atoms with van der Waals surface area (Å²) in [6.45, 7) is 6.34. The van der Waals surface area contributed by atoms with Crippen molar-refractivity contribution in [1.82, 2.24) is 0 Å². The molecule has 1 saturated carbocycles. The average Bonchev–Trinajstić information content (AvgIpc) is 1.98. The number of allylic oxidation sites excluding steroid dienone is 1. The van der Waals surface area contributed by atoms with Gasteiger partial charge in [-0.15, -0.1) is 0 Å². The van der Waals surface area contributed by atoms with Gasteiger partial charge in [0.1, 0.15) is 0 Å². The van der Waals surface area contributed by atoms with Crippen LogP contribution >= 0.6 is 0 Å². The van der Waals surface area contributed by atoms with Crippen LogP contribution in [-0.4, -0.2) is 10.7 Å². The lowest BCUT2D eigenvalue weighted by Gasteiger charge is -2.38. The molecule has 1 aliphatic carbocycles. The predicted octanol–water partition coefficient (Wildman–Crippen LogP) is 2.75.